The Bertz CT molecular complexity index is 752. The number of hydrogen-bond acceptors (Lipinski definition) is 4. The van der Waals surface area contributed by atoms with Crippen LogP contribution < -0.4 is 24.8 Å². The lowest BCUT2D eigenvalue weighted by Crippen LogP contribution is -2.32. The lowest BCUT2D eigenvalue weighted by Gasteiger charge is -2.19. The summed E-state index contributed by atoms with van der Waals surface area (Å²) >= 11 is 0. The van der Waals surface area contributed by atoms with Gasteiger partial charge in [-0.2, -0.15) is 0 Å². The first-order valence-electron chi connectivity index (χ1n) is 8.83. The molecule has 146 valence electrons. The SMILES string of the molecule is COc1ccc(OC)c(NC(=O)NCCOc2ccc(C(C)(C)C)cc2)c1. The molecule has 27 heavy (non-hydrogen) atoms. The van der Waals surface area contributed by atoms with Gasteiger partial charge in [-0.25, -0.2) is 4.79 Å². The molecule has 0 unspecified atom stereocenters. The van der Waals surface area contributed by atoms with E-state index in [1.165, 1.54) is 5.56 Å². The number of urea groups is 1. The number of anilines is 1. The summed E-state index contributed by atoms with van der Waals surface area (Å²) in [5.41, 5.74) is 1.90. The van der Waals surface area contributed by atoms with Crippen molar-refractivity contribution in [3.8, 4) is 17.2 Å². The molecule has 2 N–H and O–H groups in total. The Hall–Kier alpha value is -2.89. The molecule has 0 fully saturated rings. The molecule has 0 atom stereocenters. The van der Waals surface area contributed by atoms with E-state index in [9.17, 15) is 4.79 Å². The van der Waals surface area contributed by atoms with E-state index in [2.05, 4.69) is 43.5 Å². The molecular formula is C21H28N2O4. The van der Waals surface area contributed by atoms with Crippen LogP contribution in [0, 0.1) is 0 Å². The number of amides is 2. The second kappa shape index (κ2) is 9.16. The van der Waals surface area contributed by atoms with Gasteiger partial charge in [-0.3, -0.25) is 0 Å². The number of hydrogen-bond donors (Lipinski definition) is 2. The summed E-state index contributed by atoms with van der Waals surface area (Å²) in [5, 5.41) is 5.50. The molecule has 0 aliphatic heterocycles. The summed E-state index contributed by atoms with van der Waals surface area (Å²) in [5.74, 6) is 1.97. The fraction of sp³-hybridized carbons (Fsp3) is 0.381. The summed E-state index contributed by atoms with van der Waals surface area (Å²) in [4.78, 5) is 12.1. The van der Waals surface area contributed by atoms with E-state index < -0.39 is 0 Å². The van der Waals surface area contributed by atoms with Gasteiger partial charge in [0.15, 0.2) is 0 Å². The summed E-state index contributed by atoms with van der Waals surface area (Å²) in [6.45, 7) is 7.25. The highest BCUT2D eigenvalue weighted by Crippen LogP contribution is 2.28. The molecular weight excluding hydrogens is 344 g/mol. The standard InChI is InChI=1S/C21H28N2O4/c1-21(2,3)15-6-8-16(9-7-15)27-13-12-22-20(24)23-18-14-17(25-4)10-11-19(18)26-5/h6-11,14H,12-13H2,1-5H3,(H2,22,23,24). The molecule has 6 heteroatoms. The van der Waals surface area contributed by atoms with Crippen molar-refractivity contribution in [2.75, 3.05) is 32.7 Å². The lowest BCUT2D eigenvalue weighted by molar-refractivity contribution is 0.247. The van der Waals surface area contributed by atoms with Gasteiger partial charge in [-0.05, 0) is 35.2 Å². The molecule has 2 aromatic rings. The van der Waals surface area contributed by atoms with Crippen LogP contribution >= 0.6 is 0 Å². The molecule has 2 aromatic carbocycles. The maximum Gasteiger partial charge on any atom is 0.319 e. The Morgan fingerprint density at radius 1 is 0.963 bits per heavy atom. The van der Waals surface area contributed by atoms with Crippen LogP contribution in [-0.4, -0.2) is 33.4 Å². The third kappa shape index (κ3) is 6.09. The van der Waals surface area contributed by atoms with E-state index in [1.807, 2.05) is 12.1 Å². The second-order valence-corrected chi connectivity index (χ2v) is 7.07. The van der Waals surface area contributed by atoms with Crippen molar-refractivity contribution in [1.29, 1.82) is 0 Å². The number of rotatable bonds is 7. The third-order valence-electron chi connectivity index (χ3n) is 4.03. The molecule has 2 rings (SSSR count). The second-order valence-electron chi connectivity index (χ2n) is 7.07. The average molecular weight is 372 g/mol. The lowest BCUT2D eigenvalue weighted by atomic mass is 9.87. The van der Waals surface area contributed by atoms with Crippen LogP contribution in [0.2, 0.25) is 0 Å². The smallest absolute Gasteiger partial charge is 0.319 e. The van der Waals surface area contributed by atoms with Gasteiger partial charge in [-0.15, -0.1) is 0 Å². The van der Waals surface area contributed by atoms with Crippen LogP contribution in [0.4, 0.5) is 10.5 Å². The van der Waals surface area contributed by atoms with E-state index in [1.54, 1.807) is 32.4 Å². The maximum absolute atomic E-state index is 12.1. The molecule has 0 aromatic heterocycles. The van der Waals surface area contributed by atoms with Crippen molar-refractivity contribution in [1.82, 2.24) is 5.32 Å². The molecule has 0 aliphatic carbocycles. The zero-order valence-electron chi connectivity index (χ0n) is 16.6. The van der Waals surface area contributed by atoms with Crippen molar-refractivity contribution < 1.29 is 19.0 Å². The highest BCUT2D eigenvalue weighted by molar-refractivity contribution is 5.91. The zero-order valence-corrected chi connectivity index (χ0v) is 16.6. The minimum atomic E-state index is -0.340. The van der Waals surface area contributed by atoms with E-state index in [-0.39, 0.29) is 11.4 Å². The fourth-order valence-corrected chi connectivity index (χ4v) is 2.46. The average Bonchev–Trinajstić information content (AvgIpc) is 2.65. The van der Waals surface area contributed by atoms with E-state index in [0.29, 0.717) is 30.3 Å². The van der Waals surface area contributed by atoms with E-state index in [4.69, 9.17) is 14.2 Å². The first-order valence-corrected chi connectivity index (χ1v) is 8.83. The number of methoxy groups -OCH3 is 2. The summed E-state index contributed by atoms with van der Waals surface area (Å²) in [6, 6.07) is 12.9. The number of carbonyl (C=O) groups is 1. The molecule has 0 radical (unpaired) electrons. The minimum Gasteiger partial charge on any atom is -0.497 e. The first kappa shape index (κ1) is 20.4. The van der Waals surface area contributed by atoms with Crippen LogP contribution in [0.1, 0.15) is 26.3 Å². The molecule has 0 aliphatic rings. The van der Waals surface area contributed by atoms with E-state index in [0.717, 1.165) is 5.75 Å². The largest absolute Gasteiger partial charge is 0.497 e. The van der Waals surface area contributed by atoms with E-state index >= 15 is 0 Å². The van der Waals surface area contributed by atoms with Crippen LogP contribution in [0.5, 0.6) is 17.2 Å². The first-order chi connectivity index (χ1) is 12.8. The summed E-state index contributed by atoms with van der Waals surface area (Å²) in [6.07, 6.45) is 0. The van der Waals surface area contributed by atoms with Gasteiger partial charge >= 0.3 is 6.03 Å². The van der Waals surface area contributed by atoms with Crippen LogP contribution in [0.15, 0.2) is 42.5 Å². The van der Waals surface area contributed by atoms with Gasteiger partial charge < -0.3 is 24.8 Å². The van der Waals surface area contributed by atoms with Gasteiger partial charge in [0.1, 0.15) is 23.9 Å². The van der Waals surface area contributed by atoms with Crippen molar-refractivity contribution in [3.63, 3.8) is 0 Å². The minimum absolute atomic E-state index is 0.110. The van der Waals surface area contributed by atoms with Crippen molar-refractivity contribution in [3.05, 3.63) is 48.0 Å². The Labute approximate surface area is 160 Å². The van der Waals surface area contributed by atoms with Crippen molar-refractivity contribution in [2.45, 2.75) is 26.2 Å². The normalized spacial score (nSPS) is 10.9. The number of carbonyl (C=O) groups excluding carboxylic acids is 1. The van der Waals surface area contributed by atoms with Gasteiger partial charge in [0, 0.05) is 6.07 Å². The fourth-order valence-electron chi connectivity index (χ4n) is 2.46. The highest BCUT2D eigenvalue weighted by Gasteiger charge is 2.13. The summed E-state index contributed by atoms with van der Waals surface area (Å²) < 4.78 is 16.1. The molecule has 6 nitrogen and oxygen atoms in total. The third-order valence-corrected chi connectivity index (χ3v) is 4.03. The quantitative estimate of drug-likeness (QED) is 0.715. The van der Waals surface area contributed by atoms with Crippen LogP contribution in [-0.2, 0) is 5.41 Å². The molecule has 2 amide bonds. The number of benzene rings is 2. The predicted octanol–water partition coefficient (Wildman–Crippen LogP) is 4.20. The van der Waals surface area contributed by atoms with Gasteiger partial charge in [0.05, 0.1) is 26.5 Å². The maximum atomic E-state index is 12.1. The number of nitrogens with one attached hydrogen (secondary N) is 2. The van der Waals surface area contributed by atoms with Gasteiger partial charge in [-0.1, -0.05) is 32.9 Å². The van der Waals surface area contributed by atoms with Crippen LogP contribution in [0.3, 0.4) is 0 Å². The monoisotopic (exact) mass is 372 g/mol. The highest BCUT2D eigenvalue weighted by atomic mass is 16.5. The zero-order chi connectivity index (χ0) is 19.9. The van der Waals surface area contributed by atoms with Crippen molar-refractivity contribution >= 4 is 11.7 Å². The predicted molar refractivity (Wildman–Crippen MR) is 107 cm³/mol. The molecule has 0 bridgehead atoms. The van der Waals surface area contributed by atoms with Gasteiger partial charge in [0.2, 0.25) is 0 Å². The van der Waals surface area contributed by atoms with Gasteiger partial charge in [0.25, 0.3) is 0 Å². The van der Waals surface area contributed by atoms with Crippen LogP contribution in [0.25, 0.3) is 0 Å². The Balaban J connectivity index is 1.80. The molecule has 0 saturated heterocycles. The topological polar surface area (TPSA) is 68.8 Å². The summed E-state index contributed by atoms with van der Waals surface area (Å²) in [7, 11) is 3.11. The number of ether oxygens (including phenoxy) is 3. The Morgan fingerprint density at radius 3 is 2.22 bits per heavy atom. The molecule has 0 spiro atoms. The Morgan fingerprint density at radius 2 is 1.63 bits per heavy atom. The Kier molecular flexibility index (Phi) is 6.93. The molecule has 0 heterocycles. The van der Waals surface area contributed by atoms with Crippen molar-refractivity contribution in [2.24, 2.45) is 0 Å². The molecule has 0 saturated carbocycles.